The fourth-order valence-corrected chi connectivity index (χ4v) is 0.906. The molecule has 0 amide bonds. The van der Waals surface area contributed by atoms with Gasteiger partial charge in [-0.2, -0.15) is 0 Å². The minimum atomic E-state index is -0.903. The molecular formula is C11H20O6. The van der Waals surface area contributed by atoms with Crippen LogP contribution in [0.25, 0.3) is 0 Å². The topological polar surface area (TPSA) is 82.1 Å². The van der Waals surface area contributed by atoms with Crippen molar-refractivity contribution in [3.8, 4) is 0 Å². The van der Waals surface area contributed by atoms with E-state index < -0.39 is 17.5 Å². The Morgan fingerprint density at radius 2 is 1.65 bits per heavy atom. The largest absolute Gasteiger partial charge is 0.481 e. The number of esters is 1. The van der Waals surface area contributed by atoms with Crippen molar-refractivity contribution in [2.24, 2.45) is 0 Å². The molecule has 0 heterocycles. The Bertz CT molecular complexity index is 243. The molecule has 0 radical (unpaired) electrons. The molecule has 0 rings (SSSR count). The lowest BCUT2D eigenvalue weighted by atomic mass is 10.2. The Kier molecular flexibility index (Phi) is 7.49. The molecule has 6 heteroatoms. The van der Waals surface area contributed by atoms with Gasteiger partial charge in [-0.1, -0.05) is 0 Å². The third kappa shape index (κ3) is 12.8. The van der Waals surface area contributed by atoms with Crippen molar-refractivity contribution >= 4 is 11.9 Å². The number of carbonyl (C=O) groups excluding carboxylic acids is 1. The van der Waals surface area contributed by atoms with Gasteiger partial charge in [-0.15, -0.1) is 0 Å². The van der Waals surface area contributed by atoms with Crippen molar-refractivity contribution in [2.45, 2.75) is 32.8 Å². The summed E-state index contributed by atoms with van der Waals surface area (Å²) in [5.74, 6) is -1.33. The third-order valence-electron chi connectivity index (χ3n) is 1.47. The number of hydrogen-bond donors (Lipinski definition) is 1. The quantitative estimate of drug-likeness (QED) is 0.506. The first-order valence-electron chi connectivity index (χ1n) is 5.40. The van der Waals surface area contributed by atoms with Crippen molar-refractivity contribution in [2.75, 3.05) is 26.4 Å². The first-order valence-corrected chi connectivity index (χ1v) is 5.40. The summed E-state index contributed by atoms with van der Waals surface area (Å²) in [6.07, 6.45) is -0.0356. The van der Waals surface area contributed by atoms with Crippen LogP contribution in [-0.2, 0) is 23.8 Å². The zero-order chi connectivity index (χ0) is 13.3. The Morgan fingerprint density at radius 1 is 1.06 bits per heavy atom. The Morgan fingerprint density at radius 3 is 2.18 bits per heavy atom. The Balaban J connectivity index is 3.34. The number of carboxylic acid groups (broad SMARTS) is 1. The van der Waals surface area contributed by atoms with Crippen LogP contribution in [0.2, 0.25) is 0 Å². The minimum absolute atomic E-state index is 0.0356. The lowest BCUT2D eigenvalue weighted by Gasteiger charge is -2.19. The summed E-state index contributed by atoms with van der Waals surface area (Å²) in [6.45, 7) is 5.85. The molecule has 0 atom stereocenters. The zero-order valence-corrected chi connectivity index (χ0v) is 10.5. The van der Waals surface area contributed by atoms with Crippen molar-refractivity contribution < 1.29 is 28.9 Å². The normalized spacial score (nSPS) is 11.2. The average Bonchev–Trinajstić information content (AvgIpc) is 2.12. The number of aliphatic carboxylic acids is 1. The highest BCUT2D eigenvalue weighted by molar-refractivity contribution is 5.71. The summed E-state index contributed by atoms with van der Waals surface area (Å²) >= 11 is 0. The highest BCUT2D eigenvalue weighted by Crippen LogP contribution is 2.06. The number of ether oxygens (including phenoxy) is 3. The molecule has 0 saturated carbocycles. The molecule has 1 N–H and O–H groups in total. The molecule has 0 aliphatic carbocycles. The van der Waals surface area contributed by atoms with Crippen LogP contribution in [0, 0.1) is 0 Å². The fourth-order valence-electron chi connectivity index (χ4n) is 0.906. The van der Waals surface area contributed by atoms with Crippen LogP contribution in [0.1, 0.15) is 27.2 Å². The van der Waals surface area contributed by atoms with Gasteiger partial charge in [0.2, 0.25) is 0 Å². The van der Waals surface area contributed by atoms with E-state index in [2.05, 4.69) is 0 Å². The van der Waals surface area contributed by atoms with E-state index in [0.717, 1.165) is 0 Å². The van der Waals surface area contributed by atoms with Gasteiger partial charge in [0.25, 0.3) is 0 Å². The van der Waals surface area contributed by atoms with E-state index >= 15 is 0 Å². The van der Waals surface area contributed by atoms with Crippen LogP contribution in [-0.4, -0.2) is 49.1 Å². The summed E-state index contributed by atoms with van der Waals surface area (Å²) in [6, 6.07) is 0. The van der Waals surface area contributed by atoms with Crippen LogP contribution in [0.4, 0.5) is 0 Å². The summed E-state index contributed by atoms with van der Waals surface area (Å²) in [5, 5.41) is 8.32. The summed E-state index contributed by atoms with van der Waals surface area (Å²) in [4.78, 5) is 21.3. The van der Waals surface area contributed by atoms with Gasteiger partial charge in [0.1, 0.15) is 12.2 Å². The molecule has 17 heavy (non-hydrogen) atoms. The summed E-state index contributed by atoms with van der Waals surface area (Å²) in [5.41, 5.74) is -0.515. The van der Waals surface area contributed by atoms with E-state index in [4.69, 9.17) is 19.3 Å². The van der Waals surface area contributed by atoms with Crippen LogP contribution in [0.3, 0.4) is 0 Å². The predicted octanol–water partition coefficient (Wildman–Crippen LogP) is 0.836. The number of carboxylic acids is 1. The van der Waals surface area contributed by atoms with Crippen molar-refractivity contribution in [3.05, 3.63) is 0 Å². The molecule has 0 unspecified atom stereocenters. The van der Waals surface area contributed by atoms with Gasteiger partial charge < -0.3 is 19.3 Å². The standard InChI is InChI=1S/C11H20O6/c1-11(2,3)17-10(14)8-16-7-6-15-5-4-9(12)13/h4-8H2,1-3H3,(H,12,13). The molecule has 0 aliphatic rings. The maximum atomic E-state index is 11.2. The molecule has 0 fully saturated rings. The number of rotatable bonds is 8. The summed E-state index contributed by atoms with van der Waals surface area (Å²) < 4.78 is 15.0. The highest BCUT2D eigenvalue weighted by atomic mass is 16.6. The van der Waals surface area contributed by atoms with E-state index in [9.17, 15) is 9.59 Å². The minimum Gasteiger partial charge on any atom is -0.481 e. The van der Waals surface area contributed by atoms with Crippen molar-refractivity contribution in [3.63, 3.8) is 0 Å². The molecule has 0 aliphatic heterocycles. The molecule has 0 aromatic heterocycles. The monoisotopic (exact) mass is 248 g/mol. The lowest BCUT2D eigenvalue weighted by molar-refractivity contribution is -0.160. The maximum Gasteiger partial charge on any atom is 0.332 e. The molecule has 6 nitrogen and oxygen atoms in total. The van der Waals surface area contributed by atoms with Gasteiger partial charge in [-0.3, -0.25) is 4.79 Å². The fraction of sp³-hybridized carbons (Fsp3) is 0.818. The van der Waals surface area contributed by atoms with Crippen LogP contribution in [0.5, 0.6) is 0 Å². The van der Waals surface area contributed by atoms with Crippen LogP contribution >= 0.6 is 0 Å². The number of hydrogen-bond acceptors (Lipinski definition) is 5. The third-order valence-corrected chi connectivity index (χ3v) is 1.47. The van der Waals surface area contributed by atoms with Crippen molar-refractivity contribution in [1.82, 2.24) is 0 Å². The van der Waals surface area contributed by atoms with Crippen LogP contribution in [0.15, 0.2) is 0 Å². The first-order chi connectivity index (χ1) is 7.81. The second-order valence-corrected chi connectivity index (χ2v) is 4.40. The molecule has 0 saturated heterocycles. The summed E-state index contributed by atoms with van der Waals surface area (Å²) in [7, 11) is 0. The van der Waals surface area contributed by atoms with Gasteiger partial charge in [0, 0.05) is 0 Å². The molecule has 0 aromatic carbocycles. The maximum absolute atomic E-state index is 11.2. The average molecular weight is 248 g/mol. The van der Waals surface area contributed by atoms with E-state index in [0.29, 0.717) is 0 Å². The van der Waals surface area contributed by atoms with E-state index in [1.165, 1.54) is 0 Å². The molecular weight excluding hydrogens is 228 g/mol. The molecule has 100 valence electrons. The second-order valence-electron chi connectivity index (χ2n) is 4.40. The van der Waals surface area contributed by atoms with Gasteiger partial charge in [0.15, 0.2) is 0 Å². The molecule has 0 bridgehead atoms. The second kappa shape index (κ2) is 8.03. The van der Waals surface area contributed by atoms with Gasteiger partial charge >= 0.3 is 11.9 Å². The number of carbonyl (C=O) groups is 2. The predicted molar refractivity (Wildman–Crippen MR) is 59.7 cm³/mol. The van der Waals surface area contributed by atoms with Crippen molar-refractivity contribution in [1.29, 1.82) is 0 Å². The highest BCUT2D eigenvalue weighted by Gasteiger charge is 2.15. The van der Waals surface area contributed by atoms with Crippen LogP contribution < -0.4 is 0 Å². The lowest BCUT2D eigenvalue weighted by Crippen LogP contribution is -2.27. The zero-order valence-electron chi connectivity index (χ0n) is 10.5. The van der Waals surface area contributed by atoms with Gasteiger partial charge in [0.05, 0.1) is 26.2 Å². The Labute approximate surface area is 101 Å². The SMILES string of the molecule is CC(C)(C)OC(=O)COCCOCCC(=O)O. The molecule has 0 spiro atoms. The first kappa shape index (κ1) is 15.9. The van der Waals surface area contributed by atoms with Gasteiger partial charge in [-0.05, 0) is 20.8 Å². The van der Waals surface area contributed by atoms with Gasteiger partial charge in [-0.25, -0.2) is 4.79 Å². The Hall–Kier alpha value is -1.14. The van der Waals surface area contributed by atoms with E-state index in [-0.39, 0.29) is 32.8 Å². The smallest absolute Gasteiger partial charge is 0.332 e. The molecule has 0 aromatic rings. The van der Waals surface area contributed by atoms with E-state index in [1.807, 2.05) is 0 Å². The van der Waals surface area contributed by atoms with E-state index in [1.54, 1.807) is 20.8 Å².